The number of likely N-dealkylation sites (tertiary alicyclic amines) is 1. The Labute approximate surface area is 153 Å². The van der Waals surface area contributed by atoms with Crippen LogP contribution in [-0.2, 0) is 12.8 Å². The summed E-state index contributed by atoms with van der Waals surface area (Å²) in [6.07, 6.45) is 7.79. The number of carbonyl (C=O) groups excluding carboxylic acids is 1. The molecule has 2 amide bonds. The quantitative estimate of drug-likeness (QED) is 0.883. The van der Waals surface area contributed by atoms with Crippen molar-refractivity contribution < 1.29 is 4.79 Å². The number of hydrogen-bond acceptors (Lipinski definition) is 4. The average Bonchev–Trinajstić information content (AvgIpc) is 3.32. The second-order valence-corrected chi connectivity index (χ2v) is 8.65. The largest absolute Gasteiger partial charge is 0.360 e. The number of anilines is 1. The summed E-state index contributed by atoms with van der Waals surface area (Å²) < 4.78 is 0. The lowest BCUT2D eigenvalue weighted by atomic mass is 9.96. The van der Waals surface area contributed by atoms with Crippen LogP contribution in [0.1, 0.15) is 55.0 Å². The second kappa shape index (κ2) is 6.87. The molecule has 3 heterocycles. The van der Waals surface area contributed by atoms with Crippen LogP contribution in [0.3, 0.4) is 0 Å². The second-order valence-electron chi connectivity index (χ2n) is 7.57. The Morgan fingerprint density at radius 1 is 1.24 bits per heavy atom. The number of rotatable bonds is 2. The molecule has 6 heteroatoms. The Morgan fingerprint density at radius 2 is 2.08 bits per heavy atom. The van der Waals surface area contributed by atoms with Gasteiger partial charge in [-0.15, -0.1) is 11.3 Å². The SMILES string of the molecule is C[C@@H]1CCCN1C(=O)N[C@H]1CCN(c2sc3c(c2C#N)CCCC3)C1. The minimum Gasteiger partial charge on any atom is -0.360 e. The van der Waals surface area contributed by atoms with Gasteiger partial charge in [0.1, 0.15) is 11.1 Å². The van der Waals surface area contributed by atoms with E-state index in [1.807, 2.05) is 16.2 Å². The first kappa shape index (κ1) is 16.7. The van der Waals surface area contributed by atoms with Gasteiger partial charge in [-0.25, -0.2) is 4.79 Å². The molecule has 25 heavy (non-hydrogen) atoms. The van der Waals surface area contributed by atoms with Crippen molar-refractivity contribution in [2.75, 3.05) is 24.5 Å². The van der Waals surface area contributed by atoms with E-state index in [0.29, 0.717) is 6.04 Å². The van der Waals surface area contributed by atoms with Crippen LogP contribution in [0.15, 0.2) is 0 Å². The van der Waals surface area contributed by atoms with Crippen LogP contribution in [0.2, 0.25) is 0 Å². The van der Waals surface area contributed by atoms with Crippen molar-refractivity contribution in [3.63, 3.8) is 0 Å². The molecule has 0 radical (unpaired) electrons. The first-order valence-corrected chi connectivity index (χ1v) is 10.4. The molecule has 0 bridgehead atoms. The maximum Gasteiger partial charge on any atom is 0.317 e. The molecule has 1 aromatic rings. The van der Waals surface area contributed by atoms with Crippen LogP contribution < -0.4 is 10.2 Å². The number of nitrogens with zero attached hydrogens (tertiary/aromatic N) is 3. The molecule has 0 unspecified atom stereocenters. The number of nitriles is 1. The summed E-state index contributed by atoms with van der Waals surface area (Å²) in [6, 6.07) is 3.09. The highest BCUT2D eigenvalue weighted by Crippen LogP contribution is 2.40. The van der Waals surface area contributed by atoms with Crippen LogP contribution >= 0.6 is 11.3 Å². The molecule has 4 rings (SSSR count). The zero-order valence-corrected chi connectivity index (χ0v) is 15.7. The molecule has 5 nitrogen and oxygen atoms in total. The molecule has 3 aliphatic rings. The van der Waals surface area contributed by atoms with Crippen LogP contribution in [0.4, 0.5) is 9.80 Å². The zero-order chi connectivity index (χ0) is 17.4. The van der Waals surface area contributed by atoms with Gasteiger partial charge in [-0.3, -0.25) is 0 Å². The molecular weight excluding hydrogens is 332 g/mol. The van der Waals surface area contributed by atoms with E-state index in [9.17, 15) is 10.1 Å². The van der Waals surface area contributed by atoms with E-state index in [2.05, 4.69) is 23.2 Å². The van der Waals surface area contributed by atoms with Crippen molar-refractivity contribution in [2.45, 2.75) is 64.0 Å². The van der Waals surface area contributed by atoms with E-state index < -0.39 is 0 Å². The Morgan fingerprint density at radius 3 is 2.84 bits per heavy atom. The van der Waals surface area contributed by atoms with Gasteiger partial charge in [-0.05, 0) is 57.4 Å². The molecule has 134 valence electrons. The number of fused-ring (bicyclic) bond motifs is 1. The third kappa shape index (κ3) is 3.10. The minimum atomic E-state index is 0.0860. The molecule has 0 aromatic carbocycles. The topological polar surface area (TPSA) is 59.4 Å². The summed E-state index contributed by atoms with van der Waals surface area (Å²) in [7, 11) is 0. The molecule has 2 saturated heterocycles. The standard InChI is InChI=1S/C19H26N4OS/c1-13-5-4-9-23(13)19(24)21-14-8-10-22(12-14)18-16(11-20)15-6-2-3-7-17(15)25-18/h13-14H,2-10,12H2,1H3,(H,21,24)/t13-,14+/m1/s1. The van der Waals surface area contributed by atoms with Gasteiger partial charge < -0.3 is 15.1 Å². The average molecular weight is 359 g/mol. The van der Waals surface area contributed by atoms with Crippen molar-refractivity contribution in [1.82, 2.24) is 10.2 Å². The summed E-state index contributed by atoms with van der Waals surface area (Å²) in [6.45, 7) is 4.75. The van der Waals surface area contributed by atoms with E-state index >= 15 is 0 Å². The number of thiophene rings is 1. The number of carbonyl (C=O) groups is 1. The Hall–Kier alpha value is -1.74. The maximum atomic E-state index is 12.5. The Balaban J connectivity index is 1.43. The van der Waals surface area contributed by atoms with Crippen molar-refractivity contribution in [3.8, 4) is 6.07 Å². The summed E-state index contributed by atoms with van der Waals surface area (Å²) in [5.41, 5.74) is 2.20. The van der Waals surface area contributed by atoms with Gasteiger partial charge in [-0.2, -0.15) is 5.26 Å². The predicted octanol–water partition coefficient (Wildman–Crippen LogP) is 3.27. The molecule has 1 aromatic heterocycles. The lowest BCUT2D eigenvalue weighted by Crippen LogP contribution is -2.46. The van der Waals surface area contributed by atoms with E-state index in [4.69, 9.17) is 0 Å². The van der Waals surface area contributed by atoms with Gasteiger partial charge in [0.15, 0.2) is 0 Å². The fraction of sp³-hybridized carbons (Fsp3) is 0.684. The summed E-state index contributed by atoms with van der Waals surface area (Å²) >= 11 is 1.81. The molecule has 2 aliphatic heterocycles. The van der Waals surface area contributed by atoms with E-state index in [0.717, 1.165) is 62.3 Å². The Bertz CT molecular complexity index is 707. The van der Waals surface area contributed by atoms with Crippen molar-refractivity contribution >= 4 is 22.4 Å². The van der Waals surface area contributed by atoms with Gasteiger partial charge >= 0.3 is 6.03 Å². The number of hydrogen-bond donors (Lipinski definition) is 1. The van der Waals surface area contributed by atoms with Crippen LogP contribution in [0.25, 0.3) is 0 Å². The minimum absolute atomic E-state index is 0.0860. The van der Waals surface area contributed by atoms with Gasteiger partial charge in [0.25, 0.3) is 0 Å². The van der Waals surface area contributed by atoms with Crippen molar-refractivity contribution in [3.05, 3.63) is 16.0 Å². The molecular formula is C19H26N4OS. The van der Waals surface area contributed by atoms with Gasteiger partial charge in [0.2, 0.25) is 0 Å². The Kier molecular flexibility index (Phi) is 4.60. The maximum absolute atomic E-state index is 12.5. The molecule has 1 N–H and O–H groups in total. The van der Waals surface area contributed by atoms with Gasteiger partial charge in [0, 0.05) is 36.6 Å². The number of urea groups is 1. The van der Waals surface area contributed by atoms with Gasteiger partial charge in [0.05, 0.1) is 5.56 Å². The van der Waals surface area contributed by atoms with E-state index in [1.165, 1.54) is 23.3 Å². The highest BCUT2D eigenvalue weighted by molar-refractivity contribution is 7.16. The summed E-state index contributed by atoms with van der Waals surface area (Å²) in [5.74, 6) is 0. The normalized spacial score (nSPS) is 25.8. The molecule has 0 spiro atoms. The highest BCUT2D eigenvalue weighted by atomic mass is 32.1. The van der Waals surface area contributed by atoms with Crippen molar-refractivity contribution in [2.24, 2.45) is 0 Å². The lowest BCUT2D eigenvalue weighted by molar-refractivity contribution is 0.193. The number of amides is 2. The fourth-order valence-electron chi connectivity index (χ4n) is 4.44. The van der Waals surface area contributed by atoms with Gasteiger partial charge in [-0.1, -0.05) is 0 Å². The number of nitrogens with one attached hydrogen (secondary N) is 1. The predicted molar refractivity (Wildman–Crippen MR) is 100 cm³/mol. The van der Waals surface area contributed by atoms with Crippen LogP contribution in [0, 0.1) is 11.3 Å². The van der Waals surface area contributed by atoms with E-state index in [1.54, 1.807) is 0 Å². The summed E-state index contributed by atoms with van der Waals surface area (Å²) in [5, 5.41) is 14.0. The molecule has 0 saturated carbocycles. The first-order valence-electron chi connectivity index (χ1n) is 9.54. The molecule has 2 fully saturated rings. The third-order valence-electron chi connectivity index (χ3n) is 5.88. The third-order valence-corrected chi connectivity index (χ3v) is 7.23. The monoisotopic (exact) mass is 358 g/mol. The smallest absolute Gasteiger partial charge is 0.317 e. The summed E-state index contributed by atoms with van der Waals surface area (Å²) in [4.78, 5) is 18.2. The van der Waals surface area contributed by atoms with Crippen molar-refractivity contribution in [1.29, 1.82) is 5.26 Å². The van der Waals surface area contributed by atoms with E-state index in [-0.39, 0.29) is 12.1 Å². The van der Waals surface area contributed by atoms with Crippen LogP contribution in [0.5, 0.6) is 0 Å². The molecule has 1 aliphatic carbocycles. The highest BCUT2D eigenvalue weighted by Gasteiger charge is 2.32. The first-order chi connectivity index (χ1) is 12.2. The lowest BCUT2D eigenvalue weighted by Gasteiger charge is -2.24. The molecule has 2 atom stereocenters. The zero-order valence-electron chi connectivity index (χ0n) is 14.9. The fourth-order valence-corrected chi connectivity index (χ4v) is 5.82. The van der Waals surface area contributed by atoms with Crippen LogP contribution in [-0.4, -0.2) is 42.6 Å². The number of aryl methyl sites for hydroxylation is 1.